The molecule has 1 atom stereocenters. The first kappa shape index (κ1) is 12.1. The minimum Gasteiger partial charge on any atom is -0.479 e. The maximum atomic E-state index is 12.8. The molecule has 0 radical (unpaired) electrons. The molecule has 4 heteroatoms. The quantitative estimate of drug-likeness (QED) is 0.870. The molecule has 0 amide bonds. The summed E-state index contributed by atoms with van der Waals surface area (Å²) in [5.74, 6) is -1.34. The van der Waals surface area contributed by atoms with E-state index in [0.717, 1.165) is 0 Å². The highest BCUT2D eigenvalue weighted by Crippen LogP contribution is 2.19. The fraction of sp³-hybridized carbons (Fsp3) is 0.0714. The number of rotatable bonds is 4. The van der Waals surface area contributed by atoms with Crippen LogP contribution in [0.3, 0.4) is 0 Å². The smallest absolute Gasteiger partial charge is 0.330 e. The number of carboxylic acid groups (broad SMARTS) is 1. The summed E-state index contributed by atoms with van der Waals surface area (Å²) in [4.78, 5) is 11.2. The van der Waals surface area contributed by atoms with Gasteiger partial charge in [0, 0.05) is 5.69 Å². The number of carboxylic acids is 1. The van der Waals surface area contributed by atoms with Crippen LogP contribution in [0.4, 0.5) is 10.1 Å². The lowest BCUT2D eigenvalue weighted by molar-refractivity contribution is -0.138. The molecule has 92 valence electrons. The largest absolute Gasteiger partial charge is 0.479 e. The Morgan fingerprint density at radius 1 is 1.06 bits per heavy atom. The average molecular weight is 245 g/mol. The van der Waals surface area contributed by atoms with E-state index < -0.39 is 12.0 Å². The fourth-order valence-electron chi connectivity index (χ4n) is 1.65. The highest BCUT2D eigenvalue weighted by atomic mass is 19.1. The first-order chi connectivity index (χ1) is 8.66. The molecule has 0 aliphatic rings. The molecule has 2 aromatic carbocycles. The van der Waals surface area contributed by atoms with Crippen LogP contribution in [-0.2, 0) is 4.79 Å². The van der Waals surface area contributed by atoms with Gasteiger partial charge < -0.3 is 10.4 Å². The number of aliphatic carboxylic acids is 1. The number of nitrogens with one attached hydrogen (secondary N) is 1. The molecule has 0 fully saturated rings. The predicted molar refractivity (Wildman–Crippen MR) is 66.8 cm³/mol. The van der Waals surface area contributed by atoms with Crippen LogP contribution >= 0.6 is 0 Å². The van der Waals surface area contributed by atoms with Gasteiger partial charge in [-0.05, 0) is 29.8 Å². The molecule has 2 rings (SSSR count). The summed E-state index contributed by atoms with van der Waals surface area (Å²) < 4.78 is 12.8. The van der Waals surface area contributed by atoms with Gasteiger partial charge in [-0.1, -0.05) is 30.3 Å². The normalized spacial score (nSPS) is 11.8. The fourth-order valence-corrected chi connectivity index (χ4v) is 1.65. The molecular weight excluding hydrogens is 233 g/mol. The van der Waals surface area contributed by atoms with E-state index in [1.807, 2.05) is 6.07 Å². The molecule has 18 heavy (non-hydrogen) atoms. The Morgan fingerprint density at radius 3 is 2.22 bits per heavy atom. The third-order valence-corrected chi connectivity index (χ3v) is 2.54. The summed E-state index contributed by atoms with van der Waals surface area (Å²) in [6, 6.07) is 13.6. The van der Waals surface area contributed by atoms with Gasteiger partial charge in [0.1, 0.15) is 5.82 Å². The van der Waals surface area contributed by atoms with Crippen LogP contribution in [-0.4, -0.2) is 11.1 Å². The van der Waals surface area contributed by atoms with Crippen LogP contribution in [0.1, 0.15) is 11.6 Å². The first-order valence-electron chi connectivity index (χ1n) is 5.46. The molecule has 0 aromatic heterocycles. The van der Waals surface area contributed by atoms with Crippen LogP contribution < -0.4 is 5.32 Å². The van der Waals surface area contributed by atoms with Crippen molar-refractivity contribution in [3.8, 4) is 0 Å². The molecule has 0 spiro atoms. The molecular formula is C14H12FNO2. The van der Waals surface area contributed by atoms with Crippen molar-refractivity contribution in [1.29, 1.82) is 0 Å². The second-order valence-electron chi connectivity index (χ2n) is 3.83. The number of carbonyl (C=O) groups is 1. The monoisotopic (exact) mass is 245 g/mol. The lowest BCUT2D eigenvalue weighted by atomic mass is 10.1. The van der Waals surface area contributed by atoms with E-state index in [4.69, 9.17) is 0 Å². The number of halogens is 1. The van der Waals surface area contributed by atoms with E-state index in [1.54, 1.807) is 24.3 Å². The highest BCUT2D eigenvalue weighted by Gasteiger charge is 2.18. The van der Waals surface area contributed by atoms with E-state index >= 15 is 0 Å². The van der Waals surface area contributed by atoms with Gasteiger partial charge in [0.15, 0.2) is 6.04 Å². The Hall–Kier alpha value is -2.36. The van der Waals surface area contributed by atoms with Crippen LogP contribution in [0.25, 0.3) is 0 Å². The van der Waals surface area contributed by atoms with Crippen molar-refractivity contribution < 1.29 is 14.3 Å². The van der Waals surface area contributed by atoms with Gasteiger partial charge in [0.25, 0.3) is 0 Å². The Morgan fingerprint density at radius 2 is 1.67 bits per heavy atom. The zero-order valence-corrected chi connectivity index (χ0v) is 9.51. The zero-order valence-electron chi connectivity index (χ0n) is 9.51. The van der Waals surface area contributed by atoms with Crippen LogP contribution in [0.2, 0.25) is 0 Å². The standard InChI is InChI=1S/C14H12FNO2/c15-11-6-8-12(9-7-11)16-13(14(17)18)10-4-2-1-3-5-10/h1-9,13,16H,(H,17,18)/t13-/m1/s1. The van der Waals surface area contributed by atoms with Crippen molar-refractivity contribution in [3.63, 3.8) is 0 Å². The Bertz CT molecular complexity index is 525. The third-order valence-electron chi connectivity index (χ3n) is 2.54. The van der Waals surface area contributed by atoms with Crippen LogP contribution in [0, 0.1) is 5.82 Å². The maximum Gasteiger partial charge on any atom is 0.330 e. The Kier molecular flexibility index (Phi) is 3.57. The lowest BCUT2D eigenvalue weighted by Gasteiger charge is -2.16. The number of benzene rings is 2. The highest BCUT2D eigenvalue weighted by molar-refractivity contribution is 5.79. The third kappa shape index (κ3) is 2.85. The summed E-state index contributed by atoms with van der Waals surface area (Å²) in [6.07, 6.45) is 0. The molecule has 0 bridgehead atoms. The van der Waals surface area contributed by atoms with E-state index in [-0.39, 0.29) is 5.82 Å². The average Bonchev–Trinajstić information content (AvgIpc) is 2.38. The number of hydrogen-bond donors (Lipinski definition) is 2. The van der Waals surface area contributed by atoms with Crippen LogP contribution in [0.5, 0.6) is 0 Å². The van der Waals surface area contributed by atoms with Crippen molar-refractivity contribution in [2.75, 3.05) is 5.32 Å². The van der Waals surface area contributed by atoms with Gasteiger partial charge >= 0.3 is 5.97 Å². The van der Waals surface area contributed by atoms with Crippen molar-refractivity contribution >= 4 is 11.7 Å². The van der Waals surface area contributed by atoms with E-state index in [2.05, 4.69) is 5.32 Å². The second kappa shape index (κ2) is 5.31. The zero-order chi connectivity index (χ0) is 13.0. The second-order valence-corrected chi connectivity index (χ2v) is 3.83. The van der Waals surface area contributed by atoms with Crippen molar-refractivity contribution in [2.24, 2.45) is 0 Å². The topological polar surface area (TPSA) is 49.3 Å². The van der Waals surface area contributed by atoms with E-state index in [0.29, 0.717) is 11.3 Å². The van der Waals surface area contributed by atoms with Gasteiger partial charge in [0.05, 0.1) is 0 Å². The summed E-state index contributed by atoms with van der Waals surface area (Å²) in [5.41, 5.74) is 1.21. The molecule has 0 aliphatic heterocycles. The van der Waals surface area contributed by atoms with Gasteiger partial charge in [-0.3, -0.25) is 0 Å². The molecule has 2 aromatic rings. The maximum absolute atomic E-state index is 12.8. The summed E-state index contributed by atoms with van der Waals surface area (Å²) in [5, 5.41) is 12.1. The minimum atomic E-state index is -0.981. The molecule has 0 heterocycles. The van der Waals surface area contributed by atoms with Gasteiger partial charge in [-0.2, -0.15) is 0 Å². The summed E-state index contributed by atoms with van der Waals surface area (Å²) in [6.45, 7) is 0. The minimum absolute atomic E-state index is 0.355. The van der Waals surface area contributed by atoms with Gasteiger partial charge in [0.2, 0.25) is 0 Å². The number of hydrogen-bond acceptors (Lipinski definition) is 2. The molecule has 0 aliphatic carbocycles. The van der Waals surface area contributed by atoms with Gasteiger partial charge in [-0.15, -0.1) is 0 Å². The Balaban J connectivity index is 2.22. The summed E-state index contributed by atoms with van der Waals surface area (Å²) in [7, 11) is 0. The van der Waals surface area contributed by atoms with E-state index in [9.17, 15) is 14.3 Å². The molecule has 2 N–H and O–H groups in total. The molecule has 0 unspecified atom stereocenters. The molecule has 3 nitrogen and oxygen atoms in total. The van der Waals surface area contributed by atoms with Crippen LogP contribution in [0.15, 0.2) is 54.6 Å². The van der Waals surface area contributed by atoms with Crippen molar-refractivity contribution in [2.45, 2.75) is 6.04 Å². The molecule has 0 saturated carbocycles. The lowest BCUT2D eigenvalue weighted by Crippen LogP contribution is -2.20. The van der Waals surface area contributed by atoms with Gasteiger partial charge in [-0.25, -0.2) is 9.18 Å². The molecule has 0 saturated heterocycles. The SMILES string of the molecule is O=C(O)[C@H](Nc1ccc(F)cc1)c1ccccc1. The van der Waals surface area contributed by atoms with E-state index in [1.165, 1.54) is 24.3 Å². The predicted octanol–water partition coefficient (Wildman–Crippen LogP) is 3.06. The first-order valence-corrected chi connectivity index (χ1v) is 5.46. The van der Waals surface area contributed by atoms with Crippen molar-refractivity contribution in [3.05, 3.63) is 66.0 Å². The Labute approximate surface area is 104 Å². The van der Waals surface area contributed by atoms with Crippen molar-refractivity contribution in [1.82, 2.24) is 0 Å². The number of anilines is 1. The summed E-state index contributed by atoms with van der Waals surface area (Å²) >= 11 is 0.